The van der Waals surface area contributed by atoms with E-state index in [4.69, 9.17) is 16.3 Å². The molecule has 0 saturated heterocycles. The number of rotatable bonds is 9. The Morgan fingerprint density at radius 2 is 1.91 bits per heavy atom. The quantitative estimate of drug-likeness (QED) is 0.714. The van der Waals surface area contributed by atoms with E-state index in [0.717, 1.165) is 6.42 Å². The topological polar surface area (TPSA) is 84.5 Å². The molecule has 1 aromatic carbocycles. The first kappa shape index (κ1) is 18.7. The molecule has 0 bridgehead atoms. The zero-order chi connectivity index (χ0) is 16.6. The fraction of sp³-hybridized carbons (Fsp3) is 0.500. The van der Waals surface area contributed by atoms with Crippen molar-refractivity contribution in [3.8, 4) is 5.75 Å². The third-order valence-corrected chi connectivity index (χ3v) is 4.44. The smallest absolute Gasteiger partial charge is 0.257 e. The van der Waals surface area contributed by atoms with E-state index in [-0.39, 0.29) is 28.2 Å². The lowest BCUT2D eigenvalue weighted by Crippen LogP contribution is -2.29. The van der Waals surface area contributed by atoms with Crippen molar-refractivity contribution in [1.29, 1.82) is 0 Å². The molecule has 0 aliphatic heterocycles. The van der Waals surface area contributed by atoms with E-state index in [9.17, 15) is 13.2 Å². The van der Waals surface area contributed by atoms with Gasteiger partial charge < -0.3 is 10.1 Å². The number of benzene rings is 1. The lowest BCUT2D eigenvalue weighted by molar-refractivity contribution is -0.123. The van der Waals surface area contributed by atoms with Crippen LogP contribution in [0.4, 0.5) is 0 Å². The van der Waals surface area contributed by atoms with Crippen molar-refractivity contribution in [3.63, 3.8) is 0 Å². The van der Waals surface area contributed by atoms with Crippen LogP contribution in [0.5, 0.6) is 5.75 Å². The molecule has 124 valence electrons. The first-order valence-electron chi connectivity index (χ1n) is 7.09. The molecule has 0 spiro atoms. The number of hydrogen-bond acceptors (Lipinski definition) is 4. The molecule has 1 rings (SSSR count). The molecule has 1 aromatic rings. The molecule has 0 heterocycles. The zero-order valence-electron chi connectivity index (χ0n) is 12.7. The minimum absolute atomic E-state index is 0.0636. The molecule has 1 amide bonds. The van der Waals surface area contributed by atoms with Crippen molar-refractivity contribution in [3.05, 3.63) is 23.2 Å². The van der Waals surface area contributed by atoms with E-state index >= 15 is 0 Å². The van der Waals surface area contributed by atoms with Gasteiger partial charge in [-0.1, -0.05) is 25.4 Å². The highest BCUT2D eigenvalue weighted by atomic mass is 35.5. The molecule has 8 heteroatoms. The molecule has 6 nitrogen and oxygen atoms in total. The second-order valence-electron chi connectivity index (χ2n) is 4.63. The van der Waals surface area contributed by atoms with Crippen LogP contribution >= 0.6 is 11.6 Å². The molecule has 0 radical (unpaired) electrons. The van der Waals surface area contributed by atoms with E-state index in [1.807, 2.05) is 13.8 Å². The normalized spacial score (nSPS) is 11.2. The molecule has 0 aromatic heterocycles. The van der Waals surface area contributed by atoms with Crippen molar-refractivity contribution in [2.45, 2.75) is 31.6 Å². The monoisotopic (exact) mass is 348 g/mol. The summed E-state index contributed by atoms with van der Waals surface area (Å²) >= 11 is 6.01. The predicted octanol–water partition coefficient (Wildman–Crippen LogP) is 1.93. The summed E-state index contributed by atoms with van der Waals surface area (Å²) in [6.45, 7) is 4.59. The Hall–Kier alpha value is -1.31. The third kappa shape index (κ3) is 5.82. The molecule has 0 atom stereocenters. The number of nitrogens with one attached hydrogen (secondary N) is 2. The van der Waals surface area contributed by atoms with Crippen LogP contribution in [-0.2, 0) is 14.8 Å². The largest absolute Gasteiger partial charge is 0.482 e. The molecule has 2 N–H and O–H groups in total. The van der Waals surface area contributed by atoms with Crippen LogP contribution < -0.4 is 14.8 Å². The zero-order valence-corrected chi connectivity index (χ0v) is 14.3. The summed E-state index contributed by atoms with van der Waals surface area (Å²) in [7, 11) is -3.57. The van der Waals surface area contributed by atoms with Gasteiger partial charge in [0.25, 0.3) is 5.91 Å². The Kier molecular flexibility index (Phi) is 7.64. The van der Waals surface area contributed by atoms with Gasteiger partial charge in [0, 0.05) is 13.1 Å². The van der Waals surface area contributed by atoms with Crippen molar-refractivity contribution in [1.82, 2.24) is 10.0 Å². The summed E-state index contributed by atoms with van der Waals surface area (Å²) in [6, 6.07) is 4.14. The number of sulfonamides is 1. The minimum atomic E-state index is -3.57. The molecular weight excluding hydrogens is 328 g/mol. The number of carbonyl (C=O) groups excluding carboxylic acids is 1. The van der Waals surface area contributed by atoms with Gasteiger partial charge in [-0.2, -0.15) is 0 Å². The van der Waals surface area contributed by atoms with Gasteiger partial charge in [0.05, 0.1) is 9.92 Å². The Balaban J connectivity index is 2.72. The average molecular weight is 349 g/mol. The molecule has 0 fully saturated rings. The molecular formula is C14H21ClN2O4S. The summed E-state index contributed by atoms with van der Waals surface area (Å²) in [4.78, 5) is 11.5. The fourth-order valence-electron chi connectivity index (χ4n) is 1.54. The van der Waals surface area contributed by atoms with Crippen LogP contribution in [0.1, 0.15) is 26.7 Å². The summed E-state index contributed by atoms with van der Waals surface area (Å²) in [6.07, 6.45) is 1.53. The standard InChI is InChI=1S/C14H21ClN2O4S/c1-3-7-16-14(18)10-21-13-6-5-11(9-12(13)15)22(19,20)17-8-4-2/h5-6,9,17H,3-4,7-8,10H2,1-2H3,(H,16,18). The van der Waals surface area contributed by atoms with Crippen LogP contribution in [0.3, 0.4) is 0 Å². The molecule has 0 unspecified atom stereocenters. The van der Waals surface area contributed by atoms with Gasteiger partial charge in [-0.3, -0.25) is 4.79 Å². The summed E-state index contributed by atoms with van der Waals surface area (Å²) in [5.74, 6) is 0.0157. The SMILES string of the molecule is CCCNC(=O)COc1ccc(S(=O)(=O)NCCC)cc1Cl. The lowest BCUT2D eigenvalue weighted by Gasteiger charge is -2.10. The van der Waals surface area contributed by atoms with Crippen LogP contribution in [0.15, 0.2) is 23.1 Å². The Morgan fingerprint density at radius 1 is 1.23 bits per heavy atom. The van der Waals surface area contributed by atoms with E-state index in [1.165, 1.54) is 18.2 Å². The molecule has 0 aliphatic rings. The maximum absolute atomic E-state index is 12.0. The Morgan fingerprint density at radius 3 is 2.50 bits per heavy atom. The van der Waals surface area contributed by atoms with Crippen LogP contribution in [-0.4, -0.2) is 34.0 Å². The van der Waals surface area contributed by atoms with Crippen molar-refractivity contribution >= 4 is 27.5 Å². The van der Waals surface area contributed by atoms with E-state index in [0.29, 0.717) is 19.5 Å². The predicted molar refractivity (Wildman–Crippen MR) is 85.7 cm³/mol. The number of hydrogen-bond donors (Lipinski definition) is 2. The number of ether oxygens (including phenoxy) is 1. The van der Waals surface area contributed by atoms with Crippen molar-refractivity contribution < 1.29 is 17.9 Å². The van der Waals surface area contributed by atoms with Gasteiger partial charge in [-0.05, 0) is 31.0 Å². The highest BCUT2D eigenvalue weighted by molar-refractivity contribution is 7.89. The van der Waals surface area contributed by atoms with Crippen molar-refractivity contribution in [2.24, 2.45) is 0 Å². The lowest BCUT2D eigenvalue weighted by atomic mass is 10.3. The summed E-state index contributed by atoms with van der Waals surface area (Å²) in [5.41, 5.74) is 0. The highest BCUT2D eigenvalue weighted by Crippen LogP contribution is 2.27. The van der Waals surface area contributed by atoms with Crippen molar-refractivity contribution in [2.75, 3.05) is 19.7 Å². The van der Waals surface area contributed by atoms with Gasteiger partial charge in [-0.25, -0.2) is 13.1 Å². The van der Waals surface area contributed by atoms with E-state index in [1.54, 1.807) is 0 Å². The van der Waals surface area contributed by atoms with Crippen LogP contribution in [0, 0.1) is 0 Å². The van der Waals surface area contributed by atoms with Gasteiger partial charge in [0.1, 0.15) is 5.75 Å². The average Bonchev–Trinajstić information content (AvgIpc) is 2.49. The maximum Gasteiger partial charge on any atom is 0.257 e. The maximum atomic E-state index is 12.0. The minimum Gasteiger partial charge on any atom is -0.482 e. The van der Waals surface area contributed by atoms with Gasteiger partial charge in [-0.15, -0.1) is 0 Å². The molecule has 22 heavy (non-hydrogen) atoms. The molecule has 0 saturated carbocycles. The Bertz CT molecular complexity index is 605. The summed E-state index contributed by atoms with van der Waals surface area (Å²) < 4.78 is 31.7. The first-order valence-corrected chi connectivity index (χ1v) is 8.95. The van der Waals surface area contributed by atoms with Crippen LogP contribution in [0.2, 0.25) is 5.02 Å². The number of halogens is 1. The van der Waals surface area contributed by atoms with Crippen LogP contribution in [0.25, 0.3) is 0 Å². The second-order valence-corrected chi connectivity index (χ2v) is 6.80. The number of amides is 1. The second kappa shape index (κ2) is 8.97. The fourth-order valence-corrected chi connectivity index (χ4v) is 3.00. The first-order chi connectivity index (χ1) is 10.4. The van der Waals surface area contributed by atoms with Gasteiger partial charge in [0.15, 0.2) is 6.61 Å². The molecule has 0 aliphatic carbocycles. The highest BCUT2D eigenvalue weighted by Gasteiger charge is 2.15. The van der Waals surface area contributed by atoms with E-state index < -0.39 is 10.0 Å². The Labute approximate surface area is 136 Å². The van der Waals surface area contributed by atoms with Gasteiger partial charge >= 0.3 is 0 Å². The third-order valence-electron chi connectivity index (χ3n) is 2.69. The van der Waals surface area contributed by atoms with Gasteiger partial charge in [0.2, 0.25) is 10.0 Å². The van der Waals surface area contributed by atoms with E-state index in [2.05, 4.69) is 10.0 Å². The number of carbonyl (C=O) groups is 1. The summed E-state index contributed by atoms with van der Waals surface area (Å²) in [5, 5.41) is 2.81.